The van der Waals surface area contributed by atoms with E-state index in [2.05, 4.69) is 266 Å². The zero-order valence-corrected chi connectivity index (χ0v) is 83.0. The molecule has 0 fully saturated rings. The van der Waals surface area contributed by atoms with Crippen LogP contribution in [0.5, 0.6) is 51.7 Å². The van der Waals surface area contributed by atoms with Crippen LogP contribution in [0.3, 0.4) is 0 Å². The van der Waals surface area contributed by atoms with E-state index in [-0.39, 0.29) is 0 Å². The van der Waals surface area contributed by atoms with Crippen LogP contribution in [-0.2, 0) is 0 Å². The number of rotatable bonds is 18. The summed E-state index contributed by atoms with van der Waals surface area (Å²) in [7, 11) is 15.1. The second kappa shape index (κ2) is 49.7. The molecule has 0 saturated carbocycles. The molecule has 0 N–H and O–H groups in total. The van der Waals surface area contributed by atoms with Crippen molar-refractivity contribution in [3.05, 3.63) is 283 Å². The number of hydrogen-bond donors (Lipinski definition) is 0. The molecule has 0 aliphatic heterocycles. The summed E-state index contributed by atoms with van der Waals surface area (Å²) in [6, 6.07) is 46.7. The third-order valence-electron chi connectivity index (χ3n) is 22.4. The summed E-state index contributed by atoms with van der Waals surface area (Å²) in [6.45, 7) is 38.7. The van der Waals surface area contributed by atoms with Crippen molar-refractivity contribution in [2.24, 2.45) is 0 Å². The molecule has 6 aromatic carbocycles. The third kappa shape index (κ3) is 27.1. The van der Waals surface area contributed by atoms with Crippen LogP contribution in [0.25, 0.3) is 97.9 Å². The fourth-order valence-electron chi connectivity index (χ4n) is 14.3. The quantitative estimate of drug-likeness (QED) is 0.0771. The zero-order chi connectivity index (χ0) is 97.5. The minimum Gasteiger partial charge on any atom is -0.496 e. The molecule has 25 heteroatoms. The van der Waals surface area contributed by atoms with E-state index < -0.39 is 0 Å². The van der Waals surface area contributed by atoms with Crippen LogP contribution in [0.15, 0.2) is 233 Å². The summed E-state index contributed by atoms with van der Waals surface area (Å²) in [5.74, 6) is 11.8. The Morgan fingerprint density at radius 3 is 1.13 bits per heavy atom. The Hall–Kier alpha value is -14.6. The molecule has 0 bridgehead atoms. The Morgan fingerprint density at radius 1 is 0.207 bits per heavy atom. The molecule has 0 aliphatic rings. The first-order valence-electron chi connectivity index (χ1n) is 45.3. The maximum atomic E-state index is 5.39. The highest BCUT2D eigenvalue weighted by Gasteiger charge is 2.17. The second-order valence-corrected chi connectivity index (χ2v) is 34.7. The highest BCUT2D eigenvalue weighted by atomic mass is 16.5. The van der Waals surface area contributed by atoms with Gasteiger partial charge in [0, 0.05) is 140 Å². The number of benzene rings is 6. The molecule has 135 heavy (non-hydrogen) atoms. The number of nitrogens with zero attached hydrogens (tertiary/aromatic N) is 16. The lowest BCUT2D eigenvalue weighted by Crippen LogP contribution is -1.97. The molecular weight excluding hydrogens is 1690 g/mol. The molecule has 18 aromatic rings. The summed E-state index contributed by atoms with van der Waals surface area (Å²) in [6.07, 6.45) is 26.4. The molecule has 0 amide bonds. The van der Waals surface area contributed by atoms with Crippen LogP contribution in [0, 0.1) is 0 Å². The van der Waals surface area contributed by atoms with Gasteiger partial charge < -0.3 is 42.6 Å². The first-order valence-corrected chi connectivity index (χ1v) is 45.3. The summed E-state index contributed by atoms with van der Waals surface area (Å²) in [5, 5.41) is 35.4. The summed E-state index contributed by atoms with van der Waals surface area (Å²) in [5.41, 5.74) is 16.8. The standard InChI is InChI=1S/2C13H15NO.7C12H14N2O/c1-9(2)10-6-11-8-14-5-4-12(11)13(7-10)15-3;1-9(2)11-6-10-4-5-14-8-12(10)13(7-11)15-3;1-8(2)9-4-10-6-13-14-7-11(10)12(5-9)15-3;1-8(2)9-4-10-6-13-7-14-12(10)11(5-9)15-3;1-8(2)11-6-12(15-3)9-7-13-5-4-10(9)14-11;1-8(2)9-6-11-10(4-5-13-14-11)12(7-9)15-3;1-8(2)10-6-12(15-3)9-4-5-13-7-11(9)14-10;1-8(2)10-6-9-4-5-13-14-12(9)11(7-10)15-3;1-8(2)10-7-11(15-3)12-9(14-10)5-4-6-13-12/h2*4-9H,1-3H3;7*4-8H,1-3H3. The van der Waals surface area contributed by atoms with Gasteiger partial charge >= 0.3 is 0 Å². The van der Waals surface area contributed by atoms with Crippen LogP contribution in [0.2, 0.25) is 0 Å². The van der Waals surface area contributed by atoms with E-state index in [1.165, 1.54) is 38.8 Å². The third-order valence-corrected chi connectivity index (χ3v) is 22.4. The topological polar surface area (TPSA) is 289 Å². The van der Waals surface area contributed by atoms with Gasteiger partial charge in [0.05, 0.1) is 122 Å². The van der Waals surface area contributed by atoms with Gasteiger partial charge in [-0.1, -0.05) is 131 Å². The second-order valence-electron chi connectivity index (χ2n) is 34.7. The van der Waals surface area contributed by atoms with Crippen molar-refractivity contribution >= 4 is 97.9 Å². The van der Waals surface area contributed by atoms with Gasteiger partial charge in [0.15, 0.2) is 0 Å². The molecule has 12 aromatic heterocycles. The SMILES string of the molecule is COc1cc(C(C)C)cc2ccncc12.COc1cc(C(C)C)cc2ccnnc12.COc1cc(C(C)C)cc2cnccc12.COc1cc(C(C)C)cc2cncnc12.COc1cc(C(C)C)cc2cnncc12.COc1cc(C(C)C)cc2nnccc12.COc1cc(C(C)C)nc2cccnc12.COc1cc(C(C)C)nc2ccncc12.COc1cc(C(C)C)nc2cnccc12. The molecule has 18 rings (SSSR count). The Kier molecular flexibility index (Phi) is 37.8. The van der Waals surface area contributed by atoms with Crippen LogP contribution in [0.1, 0.15) is 228 Å². The first-order chi connectivity index (χ1) is 65.0. The van der Waals surface area contributed by atoms with Gasteiger partial charge in [0.2, 0.25) is 0 Å². The number of pyridine rings is 8. The lowest BCUT2D eigenvalue weighted by atomic mass is 9.99. The maximum absolute atomic E-state index is 5.39. The first kappa shape index (κ1) is 102. The number of ether oxygens (including phenoxy) is 9. The van der Waals surface area contributed by atoms with E-state index >= 15 is 0 Å². The average molecular weight is 1820 g/mol. The Labute approximate surface area is 793 Å². The molecule has 25 nitrogen and oxygen atoms in total. The molecule has 0 spiro atoms. The molecule has 0 unspecified atom stereocenters. The normalized spacial score (nSPS) is 10.9. The van der Waals surface area contributed by atoms with E-state index in [1.807, 2.05) is 104 Å². The predicted molar refractivity (Wildman–Crippen MR) is 546 cm³/mol. The van der Waals surface area contributed by atoms with E-state index in [0.717, 1.165) is 161 Å². The smallest absolute Gasteiger partial charge is 0.148 e. The number of methoxy groups -OCH3 is 9. The van der Waals surface area contributed by atoms with Gasteiger partial charge in [-0.25, -0.2) is 9.97 Å². The van der Waals surface area contributed by atoms with Gasteiger partial charge in [0.25, 0.3) is 0 Å². The Balaban J connectivity index is 0.000000157. The minimum absolute atomic E-state index is 0.392. The van der Waals surface area contributed by atoms with Crippen LogP contribution in [0.4, 0.5) is 0 Å². The van der Waals surface area contributed by atoms with E-state index in [0.29, 0.717) is 53.3 Å². The van der Waals surface area contributed by atoms with Gasteiger partial charge in [-0.15, -0.1) is 5.10 Å². The number of aromatic nitrogens is 16. The Morgan fingerprint density at radius 2 is 0.570 bits per heavy atom. The van der Waals surface area contributed by atoms with Gasteiger partial charge in [-0.3, -0.25) is 39.9 Å². The van der Waals surface area contributed by atoms with Crippen molar-refractivity contribution < 1.29 is 42.6 Å². The molecule has 0 aliphatic carbocycles. The summed E-state index contributed by atoms with van der Waals surface area (Å²) >= 11 is 0. The number of fused-ring (bicyclic) bond motifs is 9. The minimum atomic E-state index is 0.392. The number of hydrogen-bond acceptors (Lipinski definition) is 25. The molecule has 702 valence electrons. The van der Waals surface area contributed by atoms with Crippen molar-refractivity contribution in [2.45, 2.75) is 178 Å². The fraction of sp³-hybridized carbons (Fsp3) is 0.327. The Bertz CT molecular complexity index is 5620. The highest BCUT2D eigenvalue weighted by molar-refractivity contribution is 5.92. The van der Waals surface area contributed by atoms with Crippen molar-refractivity contribution in [3.63, 3.8) is 0 Å². The zero-order valence-electron chi connectivity index (χ0n) is 83.0. The molecular formula is C110H128N16O9. The van der Waals surface area contributed by atoms with E-state index in [1.54, 1.807) is 132 Å². The lowest BCUT2D eigenvalue weighted by molar-refractivity contribution is 0.417. The van der Waals surface area contributed by atoms with E-state index in [9.17, 15) is 0 Å². The van der Waals surface area contributed by atoms with Crippen molar-refractivity contribution in [1.82, 2.24) is 80.4 Å². The van der Waals surface area contributed by atoms with Crippen LogP contribution < -0.4 is 42.6 Å². The van der Waals surface area contributed by atoms with E-state index in [4.69, 9.17) is 42.6 Å². The summed E-state index contributed by atoms with van der Waals surface area (Å²) in [4.78, 5) is 42.5. The monoisotopic (exact) mass is 1820 g/mol. The largest absolute Gasteiger partial charge is 0.496 e. The molecule has 0 atom stereocenters. The van der Waals surface area contributed by atoms with Gasteiger partial charge in [-0.2, -0.15) is 25.5 Å². The van der Waals surface area contributed by atoms with Crippen molar-refractivity contribution in [3.8, 4) is 51.7 Å². The predicted octanol–water partition coefficient (Wildman–Crippen LogP) is 26.1. The molecule has 12 heterocycles. The average Bonchev–Trinajstić information content (AvgIpc) is 0.864. The summed E-state index contributed by atoms with van der Waals surface area (Å²) < 4.78 is 48.1. The van der Waals surface area contributed by atoms with Crippen molar-refractivity contribution in [2.75, 3.05) is 64.0 Å². The van der Waals surface area contributed by atoms with Crippen LogP contribution in [-0.4, -0.2) is 144 Å². The maximum Gasteiger partial charge on any atom is 0.148 e. The molecule has 0 saturated heterocycles. The molecule has 0 radical (unpaired) electrons. The lowest BCUT2D eigenvalue weighted by Gasteiger charge is -2.11. The highest BCUT2D eigenvalue weighted by Crippen LogP contribution is 2.38. The van der Waals surface area contributed by atoms with Gasteiger partial charge in [-0.05, 0) is 207 Å². The van der Waals surface area contributed by atoms with Crippen molar-refractivity contribution in [1.29, 1.82) is 0 Å². The van der Waals surface area contributed by atoms with Gasteiger partial charge in [0.1, 0.15) is 74.6 Å². The fourth-order valence-corrected chi connectivity index (χ4v) is 14.3. The van der Waals surface area contributed by atoms with Crippen LogP contribution >= 0.6 is 0 Å².